The third kappa shape index (κ3) is 9.24. The molecule has 55 heavy (non-hydrogen) atoms. The summed E-state index contributed by atoms with van der Waals surface area (Å²) in [6.45, 7) is 5.68. The monoisotopic (exact) mass is 748 g/mol. The van der Waals surface area contributed by atoms with Gasteiger partial charge in [-0.3, -0.25) is 19.2 Å². The van der Waals surface area contributed by atoms with Crippen LogP contribution in [0.2, 0.25) is 0 Å². The highest BCUT2D eigenvalue weighted by Gasteiger charge is 2.25. The largest absolute Gasteiger partial charge is 0.505 e. The van der Waals surface area contributed by atoms with Crippen molar-refractivity contribution in [1.82, 2.24) is 0 Å². The Hall–Kier alpha value is -7.22. The molecule has 2 atom stereocenters. The topological polar surface area (TPSA) is 245 Å². The lowest BCUT2D eigenvalue weighted by atomic mass is 10.0. The minimum atomic E-state index is -1.30. The van der Waals surface area contributed by atoms with Gasteiger partial charge in [0.05, 0.1) is 29.1 Å². The molecule has 6 aromatic rings. The molecule has 0 aliphatic rings. The smallest absolute Gasteiger partial charge is 0.339 e. The summed E-state index contributed by atoms with van der Waals surface area (Å²) in [6, 6.07) is 27.6. The lowest BCUT2D eigenvalue weighted by Gasteiger charge is -2.22. The second kappa shape index (κ2) is 18.0. The van der Waals surface area contributed by atoms with Crippen molar-refractivity contribution >= 4 is 40.4 Å². The fourth-order valence-electron chi connectivity index (χ4n) is 5.57. The molecule has 284 valence electrons. The highest BCUT2D eigenvalue weighted by molar-refractivity contribution is 5.94. The first-order valence-electron chi connectivity index (χ1n) is 17.1. The lowest BCUT2D eigenvalue weighted by Crippen LogP contribution is -2.37. The fraction of sp³-hybridized carbons (Fsp3) is 0.171. The highest BCUT2D eigenvalue weighted by Crippen LogP contribution is 2.33. The molecular weight excluding hydrogens is 708 g/mol. The van der Waals surface area contributed by atoms with Crippen LogP contribution in [0.5, 0.6) is 11.5 Å². The average Bonchev–Trinajstić information content (AvgIpc) is 3.20. The molecule has 14 heteroatoms. The normalized spacial score (nSPS) is 11.6. The minimum Gasteiger partial charge on any atom is -0.505 e. The Morgan fingerprint density at radius 3 is 1.47 bits per heavy atom. The van der Waals surface area contributed by atoms with E-state index in [2.05, 4.69) is 16.0 Å². The van der Waals surface area contributed by atoms with Crippen molar-refractivity contribution in [3.8, 4) is 11.5 Å². The molecule has 0 radical (unpaired) electrons. The van der Waals surface area contributed by atoms with Crippen molar-refractivity contribution in [2.24, 2.45) is 0 Å². The number of nitrogens with two attached hydrogens (primary N) is 1. The van der Waals surface area contributed by atoms with Crippen molar-refractivity contribution in [1.29, 1.82) is 0 Å². The van der Waals surface area contributed by atoms with Crippen LogP contribution in [-0.4, -0.2) is 32.4 Å². The molecular formula is C41H40N4O10. The van der Waals surface area contributed by atoms with Crippen molar-refractivity contribution in [2.75, 3.05) is 21.7 Å². The van der Waals surface area contributed by atoms with E-state index in [4.69, 9.17) is 21.1 Å². The fourth-order valence-corrected chi connectivity index (χ4v) is 5.57. The maximum Gasteiger partial charge on any atom is 0.339 e. The molecule has 0 fully saturated rings. The zero-order valence-electron chi connectivity index (χ0n) is 30.1. The molecule has 0 aliphatic carbocycles. The van der Waals surface area contributed by atoms with Crippen LogP contribution in [0.25, 0.3) is 0 Å². The number of aromatic hydroxyl groups is 2. The average molecular weight is 749 g/mol. The van der Waals surface area contributed by atoms with Gasteiger partial charge in [0, 0.05) is 5.56 Å². The quantitative estimate of drug-likeness (QED) is 0.0418. The SMILES string of the molecule is CC[C@@H](Nc1c(C)c(=O)c1=O)c1ccccc1.CC[C@@H](Nc1c(Nc2cccc(C(=O)O)c2O)c(=O)c1=O)c1ccccc1.Nc1cccc(C(=O)O)c1O. The molecule has 0 spiro atoms. The molecule has 0 saturated carbocycles. The highest BCUT2D eigenvalue weighted by atomic mass is 16.4. The van der Waals surface area contributed by atoms with Crippen LogP contribution in [0.15, 0.2) is 116 Å². The van der Waals surface area contributed by atoms with Gasteiger partial charge in [-0.2, -0.15) is 0 Å². The Balaban J connectivity index is 0.000000204. The van der Waals surface area contributed by atoms with E-state index in [0.717, 1.165) is 17.5 Å². The third-order valence-corrected chi connectivity index (χ3v) is 8.74. The van der Waals surface area contributed by atoms with Crippen molar-refractivity contribution in [2.45, 2.75) is 45.7 Å². The second-order valence-electron chi connectivity index (χ2n) is 12.3. The van der Waals surface area contributed by atoms with Crippen LogP contribution in [0, 0.1) is 6.92 Å². The number of carbonyl (C=O) groups is 2. The summed E-state index contributed by atoms with van der Waals surface area (Å²) in [5.41, 5.74) is 6.00. The van der Waals surface area contributed by atoms with Gasteiger partial charge in [0.15, 0.2) is 11.5 Å². The number of aromatic carboxylic acids is 2. The van der Waals surface area contributed by atoms with Gasteiger partial charge in [-0.25, -0.2) is 9.59 Å². The van der Waals surface area contributed by atoms with Gasteiger partial charge in [-0.15, -0.1) is 0 Å². The first-order chi connectivity index (χ1) is 26.2. The number of anilines is 5. The van der Waals surface area contributed by atoms with Gasteiger partial charge in [0.25, 0.3) is 10.9 Å². The Morgan fingerprint density at radius 2 is 1.02 bits per heavy atom. The lowest BCUT2D eigenvalue weighted by molar-refractivity contribution is 0.0682. The predicted molar refractivity (Wildman–Crippen MR) is 211 cm³/mol. The van der Waals surface area contributed by atoms with E-state index in [1.54, 1.807) is 6.92 Å². The number of para-hydroxylation sites is 2. The molecule has 0 heterocycles. The Labute approximate surface area is 314 Å². The summed E-state index contributed by atoms with van der Waals surface area (Å²) >= 11 is 0. The number of carboxylic acids is 2. The van der Waals surface area contributed by atoms with Gasteiger partial charge >= 0.3 is 11.9 Å². The Bertz CT molecular complexity index is 2430. The summed E-state index contributed by atoms with van der Waals surface area (Å²) < 4.78 is 0. The number of nitrogen functional groups attached to an aromatic ring is 1. The molecule has 0 saturated heterocycles. The van der Waals surface area contributed by atoms with Gasteiger partial charge in [0.2, 0.25) is 10.9 Å². The molecule has 9 N–H and O–H groups in total. The first-order valence-corrected chi connectivity index (χ1v) is 17.1. The van der Waals surface area contributed by atoms with Crippen molar-refractivity contribution in [3.05, 3.63) is 166 Å². The summed E-state index contributed by atoms with van der Waals surface area (Å²) in [5, 5.41) is 45.6. The standard InChI is InChI=1S/C20H18N2O5.C14H15NO2.C7H7NO3/c1-2-13(11-7-4-3-5-8-11)21-15-16(19(25)18(15)24)22-14-10-6-9-12(17(14)23)20(26)27;1-3-11(10-7-5-4-6-8-10)15-12-9(2)13(16)14(12)17;8-5-3-1-2-4(6(5)9)7(10)11/h3-10,13,21-23H,2H2,1H3,(H,26,27);4-8,11,15H,3H2,1-2H3;1-3,9H,8H2,(H,10,11)/t13-;11-;/m11./s1. The molecule has 0 amide bonds. The van der Waals surface area contributed by atoms with Gasteiger partial charge in [-0.05, 0) is 55.2 Å². The molecule has 0 unspecified atom stereocenters. The van der Waals surface area contributed by atoms with Crippen molar-refractivity contribution in [3.63, 3.8) is 0 Å². The Kier molecular flexibility index (Phi) is 13.3. The number of carboxylic acid groups (broad SMARTS) is 2. The van der Waals surface area contributed by atoms with E-state index in [9.17, 15) is 33.9 Å². The van der Waals surface area contributed by atoms with E-state index >= 15 is 0 Å². The van der Waals surface area contributed by atoms with E-state index < -0.39 is 34.0 Å². The van der Waals surface area contributed by atoms with Gasteiger partial charge < -0.3 is 42.1 Å². The van der Waals surface area contributed by atoms with Gasteiger partial charge in [-0.1, -0.05) is 86.6 Å². The summed E-state index contributed by atoms with van der Waals surface area (Å²) in [4.78, 5) is 68.0. The number of benzene rings is 4. The van der Waals surface area contributed by atoms with Crippen LogP contribution in [0.1, 0.15) is 76.2 Å². The molecule has 6 aromatic carbocycles. The van der Waals surface area contributed by atoms with Crippen LogP contribution < -0.4 is 43.4 Å². The van der Waals surface area contributed by atoms with Crippen molar-refractivity contribution < 1.29 is 30.0 Å². The summed E-state index contributed by atoms with van der Waals surface area (Å²) in [7, 11) is 0. The maximum absolute atomic E-state index is 12.0. The van der Waals surface area contributed by atoms with E-state index in [1.165, 1.54) is 36.4 Å². The predicted octanol–water partition coefficient (Wildman–Crippen LogP) is 5.82. The summed E-state index contributed by atoms with van der Waals surface area (Å²) in [6.07, 6.45) is 1.55. The first kappa shape index (κ1) is 40.5. The molecule has 6 rings (SSSR count). The van der Waals surface area contributed by atoms with E-state index in [-0.39, 0.29) is 57.1 Å². The zero-order chi connectivity index (χ0) is 40.4. The molecule has 0 bridgehead atoms. The number of phenols is 2. The van der Waals surface area contributed by atoms with Gasteiger partial charge in [0.1, 0.15) is 22.5 Å². The van der Waals surface area contributed by atoms with E-state index in [0.29, 0.717) is 17.7 Å². The van der Waals surface area contributed by atoms with Crippen LogP contribution >= 0.6 is 0 Å². The number of rotatable bonds is 12. The molecule has 14 nitrogen and oxygen atoms in total. The number of hydrogen-bond acceptors (Lipinski definition) is 12. The zero-order valence-corrected chi connectivity index (χ0v) is 30.1. The third-order valence-electron chi connectivity index (χ3n) is 8.74. The van der Waals surface area contributed by atoms with Crippen LogP contribution in [0.3, 0.4) is 0 Å². The van der Waals surface area contributed by atoms with Crippen LogP contribution in [-0.2, 0) is 0 Å². The minimum absolute atomic E-state index is 0.00669. The Morgan fingerprint density at radius 1 is 0.582 bits per heavy atom. The maximum atomic E-state index is 12.0. The van der Waals surface area contributed by atoms with E-state index in [1.807, 2.05) is 74.5 Å². The molecule has 0 aliphatic heterocycles. The number of hydrogen-bond donors (Lipinski definition) is 8. The molecule has 0 aromatic heterocycles. The summed E-state index contributed by atoms with van der Waals surface area (Å²) in [5.74, 6) is -3.36. The second-order valence-corrected chi connectivity index (χ2v) is 12.3. The number of nitrogens with one attached hydrogen (secondary N) is 3. The van der Waals surface area contributed by atoms with Crippen LogP contribution in [0.4, 0.5) is 28.4 Å².